The number of pyridine rings is 1. The van der Waals surface area contributed by atoms with Gasteiger partial charge in [-0.3, -0.25) is 4.98 Å². The molecular weight excluding hydrogens is 264 g/mol. The Balaban J connectivity index is 1.85. The summed E-state index contributed by atoms with van der Waals surface area (Å²) in [6.45, 7) is 0.871. The van der Waals surface area contributed by atoms with Gasteiger partial charge in [0.15, 0.2) is 0 Å². The topological polar surface area (TPSA) is 24.9 Å². The molecule has 1 fully saturated rings. The highest BCUT2D eigenvalue weighted by atomic mass is 35.5. The van der Waals surface area contributed by atoms with E-state index >= 15 is 0 Å². The van der Waals surface area contributed by atoms with Crippen LogP contribution in [0.1, 0.15) is 12.0 Å². The summed E-state index contributed by atoms with van der Waals surface area (Å²) in [6, 6.07) is 8.64. The number of fused-ring (bicyclic) bond motifs is 1. The van der Waals surface area contributed by atoms with Gasteiger partial charge in [-0.1, -0.05) is 17.7 Å². The molecule has 1 unspecified atom stereocenters. The fourth-order valence-electron chi connectivity index (χ4n) is 2.29. The van der Waals surface area contributed by atoms with Crippen molar-refractivity contribution in [1.82, 2.24) is 10.3 Å². The normalized spacial score (nSPS) is 19.5. The Labute approximate surface area is 116 Å². The highest BCUT2D eigenvalue weighted by molar-refractivity contribution is 7.99. The Bertz CT molecular complexity index is 552. The van der Waals surface area contributed by atoms with Crippen LogP contribution < -0.4 is 5.32 Å². The largest absolute Gasteiger partial charge is 0.309 e. The van der Waals surface area contributed by atoms with Gasteiger partial charge in [0.25, 0.3) is 0 Å². The monoisotopic (exact) mass is 278 g/mol. The van der Waals surface area contributed by atoms with Crippen LogP contribution in [0, 0.1) is 0 Å². The van der Waals surface area contributed by atoms with Crippen LogP contribution in [0.2, 0.25) is 5.02 Å². The molecule has 0 aliphatic carbocycles. The molecule has 0 saturated carbocycles. The van der Waals surface area contributed by atoms with Crippen molar-refractivity contribution >= 4 is 34.3 Å². The van der Waals surface area contributed by atoms with Crippen LogP contribution in [0.4, 0.5) is 0 Å². The minimum absolute atomic E-state index is 0.643. The highest BCUT2D eigenvalue weighted by Gasteiger charge is 2.15. The van der Waals surface area contributed by atoms with Crippen LogP contribution in [0.15, 0.2) is 30.5 Å². The molecule has 1 aromatic heterocycles. The van der Waals surface area contributed by atoms with Crippen molar-refractivity contribution in [1.29, 1.82) is 0 Å². The maximum absolute atomic E-state index is 6.19. The van der Waals surface area contributed by atoms with E-state index in [-0.39, 0.29) is 0 Å². The maximum Gasteiger partial charge on any atom is 0.0761 e. The van der Waals surface area contributed by atoms with Gasteiger partial charge in [-0.2, -0.15) is 11.8 Å². The molecule has 0 radical (unpaired) electrons. The van der Waals surface area contributed by atoms with Crippen molar-refractivity contribution in [3.8, 4) is 0 Å². The Hall–Kier alpha value is -0.770. The van der Waals surface area contributed by atoms with Crippen LogP contribution in [-0.4, -0.2) is 22.5 Å². The van der Waals surface area contributed by atoms with Gasteiger partial charge in [0, 0.05) is 34.9 Å². The van der Waals surface area contributed by atoms with Crippen molar-refractivity contribution in [2.24, 2.45) is 0 Å². The van der Waals surface area contributed by atoms with Crippen LogP contribution in [0.5, 0.6) is 0 Å². The molecule has 0 spiro atoms. The first-order valence-electron chi connectivity index (χ1n) is 6.18. The predicted molar refractivity (Wildman–Crippen MR) is 79.3 cm³/mol. The highest BCUT2D eigenvalue weighted by Crippen LogP contribution is 2.25. The maximum atomic E-state index is 6.19. The fraction of sp³-hybridized carbons (Fsp3) is 0.357. The van der Waals surface area contributed by atoms with E-state index in [1.165, 1.54) is 23.5 Å². The van der Waals surface area contributed by atoms with E-state index in [4.69, 9.17) is 11.6 Å². The zero-order valence-electron chi connectivity index (χ0n) is 10.0. The third-order valence-corrected chi connectivity index (χ3v) is 4.80. The number of halogens is 1. The van der Waals surface area contributed by atoms with Gasteiger partial charge in [-0.25, -0.2) is 0 Å². The summed E-state index contributed by atoms with van der Waals surface area (Å²) < 4.78 is 0. The summed E-state index contributed by atoms with van der Waals surface area (Å²) in [5.41, 5.74) is 2.25. The number of thioether (sulfide) groups is 1. The summed E-state index contributed by atoms with van der Waals surface area (Å²) in [5, 5.41) is 5.42. The summed E-state index contributed by atoms with van der Waals surface area (Å²) in [4.78, 5) is 4.46. The molecule has 1 N–H and O–H groups in total. The van der Waals surface area contributed by atoms with Gasteiger partial charge < -0.3 is 5.32 Å². The lowest BCUT2D eigenvalue weighted by molar-refractivity contribution is 0.559. The molecule has 2 aromatic rings. The number of rotatable bonds is 3. The average Bonchev–Trinajstić information content (AvgIpc) is 2.92. The molecule has 2 heterocycles. The van der Waals surface area contributed by atoms with E-state index < -0.39 is 0 Å². The smallest absolute Gasteiger partial charge is 0.0761 e. The van der Waals surface area contributed by atoms with Crippen molar-refractivity contribution in [3.05, 3.63) is 41.0 Å². The first-order chi connectivity index (χ1) is 8.84. The van der Waals surface area contributed by atoms with E-state index in [0.717, 1.165) is 22.5 Å². The van der Waals surface area contributed by atoms with Gasteiger partial charge >= 0.3 is 0 Å². The predicted octanol–water partition coefficient (Wildman–Crippen LogP) is 3.48. The Morgan fingerprint density at radius 3 is 3.17 bits per heavy atom. The molecule has 1 atom stereocenters. The van der Waals surface area contributed by atoms with E-state index in [1.807, 2.05) is 36.2 Å². The summed E-state index contributed by atoms with van der Waals surface area (Å²) in [5.74, 6) is 2.50. The van der Waals surface area contributed by atoms with Gasteiger partial charge in [0.2, 0.25) is 0 Å². The Morgan fingerprint density at radius 2 is 2.33 bits per heavy atom. The number of nitrogens with one attached hydrogen (secondary N) is 1. The van der Waals surface area contributed by atoms with E-state index in [1.54, 1.807) is 0 Å². The van der Waals surface area contributed by atoms with Crippen molar-refractivity contribution in [2.75, 3.05) is 11.5 Å². The summed E-state index contributed by atoms with van der Waals surface area (Å²) in [7, 11) is 0. The third-order valence-electron chi connectivity index (χ3n) is 3.31. The van der Waals surface area contributed by atoms with Gasteiger partial charge in [0.1, 0.15) is 0 Å². The minimum Gasteiger partial charge on any atom is -0.309 e. The zero-order chi connectivity index (χ0) is 12.4. The zero-order valence-corrected chi connectivity index (χ0v) is 11.6. The lowest BCUT2D eigenvalue weighted by Crippen LogP contribution is -2.28. The first-order valence-corrected chi connectivity index (χ1v) is 7.71. The summed E-state index contributed by atoms with van der Waals surface area (Å²) >= 11 is 8.22. The fourth-order valence-corrected chi connectivity index (χ4v) is 3.69. The van der Waals surface area contributed by atoms with Crippen LogP contribution >= 0.6 is 23.4 Å². The van der Waals surface area contributed by atoms with Gasteiger partial charge in [0.05, 0.1) is 5.52 Å². The van der Waals surface area contributed by atoms with Gasteiger partial charge in [-0.05, 0) is 35.9 Å². The minimum atomic E-state index is 0.643. The van der Waals surface area contributed by atoms with Gasteiger partial charge in [-0.15, -0.1) is 0 Å². The Morgan fingerprint density at radius 1 is 1.39 bits per heavy atom. The molecule has 1 aliphatic rings. The molecule has 2 nitrogen and oxygen atoms in total. The van der Waals surface area contributed by atoms with Crippen molar-refractivity contribution in [3.63, 3.8) is 0 Å². The van der Waals surface area contributed by atoms with Crippen molar-refractivity contribution in [2.45, 2.75) is 19.0 Å². The standard InChI is InChI=1S/C14H15ClN2S/c15-13-4-3-10(8-17-11-5-7-18-9-11)14-12(13)2-1-6-16-14/h1-4,6,11,17H,5,7-9H2. The molecule has 0 amide bonds. The Kier molecular flexibility index (Phi) is 3.73. The number of benzene rings is 1. The van der Waals surface area contributed by atoms with Crippen LogP contribution in [-0.2, 0) is 6.54 Å². The molecular formula is C14H15ClN2S. The lowest BCUT2D eigenvalue weighted by Gasteiger charge is -2.12. The second kappa shape index (κ2) is 5.47. The quantitative estimate of drug-likeness (QED) is 0.930. The molecule has 1 aromatic carbocycles. The molecule has 4 heteroatoms. The first kappa shape index (κ1) is 12.3. The van der Waals surface area contributed by atoms with E-state index in [0.29, 0.717) is 6.04 Å². The van der Waals surface area contributed by atoms with E-state index in [2.05, 4.69) is 16.4 Å². The lowest BCUT2D eigenvalue weighted by atomic mass is 10.1. The molecule has 1 saturated heterocycles. The third kappa shape index (κ3) is 2.48. The second-order valence-corrected chi connectivity index (χ2v) is 6.10. The second-order valence-electron chi connectivity index (χ2n) is 4.55. The summed E-state index contributed by atoms with van der Waals surface area (Å²) in [6.07, 6.45) is 3.09. The van der Waals surface area contributed by atoms with E-state index in [9.17, 15) is 0 Å². The molecule has 1 aliphatic heterocycles. The number of nitrogens with zero attached hydrogens (tertiary/aromatic N) is 1. The molecule has 18 heavy (non-hydrogen) atoms. The molecule has 3 rings (SSSR count). The van der Waals surface area contributed by atoms with Crippen LogP contribution in [0.3, 0.4) is 0 Å². The average molecular weight is 279 g/mol. The molecule has 0 bridgehead atoms. The SMILES string of the molecule is Clc1ccc(CNC2CCSC2)c2ncccc12. The van der Waals surface area contributed by atoms with Crippen molar-refractivity contribution < 1.29 is 0 Å². The number of hydrogen-bond acceptors (Lipinski definition) is 3. The molecule has 94 valence electrons. The van der Waals surface area contributed by atoms with Crippen LogP contribution in [0.25, 0.3) is 10.9 Å². The number of aromatic nitrogens is 1. The number of hydrogen-bond donors (Lipinski definition) is 1.